The number of amides is 1. The first-order valence-corrected chi connectivity index (χ1v) is 9.14. The number of methoxy groups -OCH3 is 1. The maximum atomic E-state index is 12.6. The van der Waals surface area contributed by atoms with Gasteiger partial charge in [0.25, 0.3) is 5.91 Å². The van der Waals surface area contributed by atoms with Crippen molar-refractivity contribution in [1.82, 2.24) is 9.97 Å². The Labute approximate surface area is 172 Å². The lowest BCUT2D eigenvalue weighted by Gasteiger charge is -2.13. The second-order valence-electron chi connectivity index (χ2n) is 5.76. The first-order valence-electron chi connectivity index (χ1n) is 8.38. The molecule has 0 aliphatic rings. The Morgan fingerprint density at radius 2 is 1.86 bits per heavy atom. The molecule has 2 heterocycles. The van der Waals surface area contributed by atoms with Gasteiger partial charge in [0.1, 0.15) is 0 Å². The van der Waals surface area contributed by atoms with Gasteiger partial charge < -0.3 is 14.8 Å². The fourth-order valence-electron chi connectivity index (χ4n) is 2.47. The van der Waals surface area contributed by atoms with E-state index in [4.69, 9.17) is 32.7 Å². The van der Waals surface area contributed by atoms with Crippen LogP contribution in [0.4, 0.5) is 5.69 Å². The van der Waals surface area contributed by atoms with Gasteiger partial charge in [-0.2, -0.15) is 0 Å². The van der Waals surface area contributed by atoms with E-state index in [0.717, 1.165) is 5.56 Å². The van der Waals surface area contributed by atoms with E-state index in [9.17, 15) is 4.79 Å². The number of nitrogens with zero attached hydrogens (tertiary/aromatic N) is 2. The lowest BCUT2D eigenvalue weighted by atomic mass is 10.1. The van der Waals surface area contributed by atoms with Crippen molar-refractivity contribution in [2.24, 2.45) is 0 Å². The van der Waals surface area contributed by atoms with Gasteiger partial charge in [0, 0.05) is 36.8 Å². The van der Waals surface area contributed by atoms with Crippen LogP contribution in [0.1, 0.15) is 15.9 Å². The average Bonchev–Trinajstić information content (AvgIpc) is 2.71. The molecular weight excluding hydrogens is 401 g/mol. The van der Waals surface area contributed by atoms with Crippen molar-refractivity contribution in [3.05, 3.63) is 76.3 Å². The largest absolute Gasteiger partial charge is 0.493 e. The van der Waals surface area contributed by atoms with Crippen LogP contribution < -0.4 is 14.8 Å². The van der Waals surface area contributed by atoms with Gasteiger partial charge >= 0.3 is 0 Å². The number of anilines is 1. The lowest BCUT2D eigenvalue weighted by Crippen LogP contribution is -2.13. The van der Waals surface area contributed by atoms with Crippen molar-refractivity contribution in [1.29, 1.82) is 0 Å². The molecule has 0 aliphatic heterocycles. The number of pyridine rings is 2. The Morgan fingerprint density at radius 3 is 2.54 bits per heavy atom. The van der Waals surface area contributed by atoms with Crippen LogP contribution in [0, 0.1) is 0 Å². The Morgan fingerprint density at radius 1 is 1.07 bits per heavy atom. The predicted molar refractivity (Wildman–Crippen MR) is 109 cm³/mol. The van der Waals surface area contributed by atoms with E-state index < -0.39 is 0 Å². The Hall–Kier alpha value is -2.83. The van der Waals surface area contributed by atoms with Crippen molar-refractivity contribution in [3.8, 4) is 11.5 Å². The molecule has 0 bridgehead atoms. The molecule has 0 atom stereocenters. The number of hydrogen-bond acceptors (Lipinski definition) is 5. The Bertz CT molecular complexity index is 948. The van der Waals surface area contributed by atoms with Gasteiger partial charge in [-0.25, -0.2) is 0 Å². The van der Waals surface area contributed by atoms with Crippen LogP contribution >= 0.6 is 23.2 Å². The highest BCUT2D eigenvalue weighted by atomic mass is 35.5. The summed E-state index contributed by atoms with van der Waals surface area (Å²) in [5.74, 6) is 0.614. The van der Waals surface area contributed by atoms with E-state index in [1.165, 1.54) is 12.4 Å². The van der Waals surface area contributed by atoms with Crippen molar-refractivity contribution in [3.63, 3.8) is 0 Å². The molecule has 2 aromatic heterocycles. The highest BCUT2D eigenvalue weighted by molar-refractivity contribution is 6.39. The highest BCUT2D eigenvalue weighted by Crippen LogP contribution is 2.31. The molecule has 0 saturated carbocycles. The number of carbonyl (C=O) groups is 1. The Kier molecular flexibility index (Phi) is 6.68. The minimum absolute atomic E-state index is 0.252. The third-order valence-electron chi connectivity index (χ3n) is 3.89. The first-order chi connectivity index (χ1) is 13.6. The normalized spacial score (nSPS) is 10.4. The van der Waals surface area contributed by atoms with Gasteiger partial charge in [0.05, 0.1) is 29.4 Å². The van der Waals surface area contributed by atoms with Gasteiger partial charge in [0.2, 0.25) is 0 Å². The van der Waals surface area contributed by atoms with Crippen LogP contribution in [-0.2, 0) is 6.42 Å². The molecule has 144 valence electrons. The summed E-state index contributed by atoms with van der Waals surface area (Å²) in [5.41, 5.74) is 1.73. The van der Waals surface area contributed by atoms with Crippen LogP contribution in [0.25, 0.3) is 0 Å². The molecule has 3 aromatic rings. The molecule has 1 amide bonds. The van der Waals surface area contributed by atoms with Crippen molar-refractivity contribution < 1.29 is 14.3 Å². The number of ether oxygens (including phenoxy) is 2. The average molecular weight is 418 g/mol. The maximum absolute atomic E-state index is 12.6. The fraction of sp³-hybridized carbons (Fsp3) is 0.150. The molecule has 6 nitrogen and oxygen atoms in total. The Balaban J connectivity index is 1.73. The minimum atomic E-state index is -0.380. The molecule has 8 heteroatoms. The molecular formula is C20H17Cl2N3O3. The van der Waals surface area contributed by atoms with E-state index in [2.05, 4.69) is 15.3 Å². The minimum Gasteiger partial charge on any atom is -0.493 e. The zero-order chi connectivity index (χ0) is 19.9. The summed E-state index contributed by atoms with van der Waals surface area (Å²) in [5, 5.41) is 3.20. The fourth-order valence-corrected chi connectivity index (χ4v) is 2.93. The molecule has 28 heavy (non-hydrogen) atoms. The molecule has 0 fully saturated rings. The predicted octanol–water partition coefficient (Wildman–Crippen LogP) is 4.67. The van der Waals surface area contributed by atoms with Crippen molar-refractivity contribution in [2.45, 2.75) is 6.42 Å². The van der Waals surface area contributed by atoms with E-state index in [-0.39, 0.29) is 16.0 Å². The second kappa shape index (κ2) is 9.39. The SMILES string of the molecule is COc1ccc(C(=O)Nc2c(Cl)cncc2Cl)cc1OCCc1cccnc1. The summed E-state index contributed by atoms with van der Waals surface area (Å²) in [6, 6.07) is 8.76. The molecule has 1 N–H and O–H groups in total. The third-order valence-corrected chi connectivity index (χ3v) is 4.46. The third kappa shape index (κ3) is 4.91. The lowest BCUT2D eigenvalue weighted by molar-refractivity contribution is 0.102. The summed E-state index contributed by atoms with van der Waals surface area (Å²) in [6.45, 7) is 0.412. The molecule has 0 spiro atoms. The van der Waals surface area contributed by atoms with Gasteiger partial charge in [-0.1, -0.05) is 29.3 Å². The van der Waals surface area contributed by atoms with Crippen LogP contribution in [0.15, 0.2) is 55.1 Å². The standard InChI is InChI=1S/C20H17Cl2N3O3/c1-27-17-5-4-14(20(26)25-19-15(21)11-24-12-16(19)22)9-18(17)28-8-6-13-3-2-7-23-10-13/h2-5,7,9-12H,6,8H2,1H3,(H,24,25,26). The number of hydrogen-bond donors (Lipinski definition) is 1. The van der Waals surface area contributed by atoms with Crippen LogP contribution in [0.3, 0.4) is 0 Å². The van der Waals surface area contributed by atoms with Gasteiger partial charge in [0.15, 0.2) is 11.5 Å². The molecule has 0 unspecified atom stereocenters. The van der Waals surface area contributed by atoms with E-state index in [0.29, 0.717) is 35.8 Å². The van der Waals surface area contributed by atoms with Gasteiger partial charge in [-0.15, -0.1) is 0 Å². The maximum Gasteiger partial charge on any atom is 0.255 e. The second-order valence-corrected chi connectivity index (χ2v) is 6.57. The topological polar surface area (TPSA) is 73.3 Å². The molecule has 3 rings (SSSR count). The molecule has 1 aromatic carbocycles. The van der Waals surface area contributed by atoms with Gasteiger partial charge in [-0.3, -0.25) is 14.8 Å². The summed E-state index contributed by atoms with van der Waals surface area (Å²) in [7, 11) is 1.54. The zero-order valence-electron chi connectivity index (χ0n) is 15.0. The van der Waals surface area contributed by atoms with Crippen LogP contribution in [0.2, 0.25) is 10.0 Å². The number of rotatable bonds is 7. The molecule has 0 aliphatic carbocycles. The monoisotopic (exact) mass is 417 g/mol. The summed E-state index contributed by atoms with van der Waals surface area (Å²) < 4.78 is 11.1. The number of carbonyl (C=O) groups excluding carboxylic acids is 1. The zero-order valence-corrected chi connectivity index (χ0v) is 16.5. The molecule has 0 radical (unpaired) electrons. The van der Waals surface area contributed by atoms with E-state index >= 15 is 0 Å². The van der Waals surface area contributed by atoms with E-state index in [1.54, 1.807) is 37.7 Å². The molecule has 0 saturated heterocycles. The number of nitrogens with one attached hydrogen (secondary N) is 1. The number of benzene rings is 1. The van der Waals surface area contributed by atoms with Crippen LogP contribution in [-0.4, -0.2) is 29.6 Å². The summed E-state index contributed by atoms with van der Waals surface area (Å²) in [4.78, 5) is 20.6. The number of aromatic nitrogens is 2. The summed E-state index contributed by atoms with van der Waals surface area (Å²) in [6.07, 6.45) is 6.99. The smallest absolute Gasteiger partial charge is 0.255 e. The van der Waals surface area contributed by atoms with Crippen molar-refractivity contribution in [2.75, 3.05) is 19.0 Å². The summed E-state index contributed by atoms with van der Waals surface area (Å²) >= 11 is 12.1. The van der Waals surface area contributed by atoms with Gasteiger partial charge in [-0.05, 0) is 29.8 Å². The van der Waals surface area contributed by atoms with Crippen LogP contribution in [0.5, 0.6) is 11.5 Å². The quantitative estimate of drug-likeness (QED) is 0.604. The van der Waals surface area contributed by atoms with E-state index in [1.807, 2.05) is 12.1 Å². The van der Waals surface area contributed by atoms with Crippen molar-refractivity contribution >= 4 is 34.8 Å². The first kappa shape index (κ1) is 19.9. The highest BCUT2D eigenvalue weighted by Gasteiger charge is 2.15. The number of halogens is 2.